The number of hydrogen-bond donors (Lipinski definition) is 1. The van der Waals surface area contributed by atoms with Crippen molar-refractivity contribution >= 4 is 23.1 Å². The molecule has 0 saturated carbocycles. The van der Waals surface area contributed by atoms with Gasteiger partial charge >= 0.3 is 5.97 Å². The highest BCUT2D eigenvalue weighted by Crippen LogP contribution is 1.94. The summed E-state index contributed by atoms with van der Waals surface area (Å²) in [6, 6.07) is -0.812. The molecule has 0 aromatic rings. The lowest BCUT2D eigenvalue weighted by Crippen LogP contribution is -2.44. The van der Waals surface area contributed by atoms with Gasteiger partial charge in [0.05, 0.1) is 13.4 Å². The first kappa shape index (κ1) is 12.2. The number of methoxy groups -OCH3 is 1. The van der Waals surface area contributed by atoms with E-state index in [1.807, 2.05) is 0 Å². The van der Waals surface area contributed by atoms with Gasteiger partial charge in [-0.3, -0.25) is 4.79 Å². The Balaban J connectivity index is 4.18. The molecule has 0 aromatic carbocycles. The molecule has 0 saturated heterocycles. The van der Waals surface area contributed by atoms with Gasteiger partial charge in [0.25, 0.3) is 0 Å². The molecule has 0 aromatic heterocycles. The van der Waals surface area contributed by atoms with Crippen LogP contribution in [0.4, 0.5) is 0 Å². The third kappa shape index (κ3) is 5.48. The van der Waals surface area contributed by atoms with Gasteiger partial charge in [-0.05, 0) is 0 Å². The van der Waals surface area contributed by atoms with E-state index in [0.29, 0.717) is 0 Å². The van der Waals surface area contributed by atoms with E-state index in [4.69, 9.17) is 0 Å². The number of esters is 1. The molecule has 0 spiro atoms. The fourth-order valence-electron chi connectivity index (χ4n) is 0.791. The third-order valence-electron chi connectivity index (χ3n) is 1.26. The van der Waals surface area contributed by atoms with Crippen molar-refractivity contribution in [2.75, 3.05) is 19.1 Å². The molecule has 0 heterocycles. The van der Waals surface area contributed by atoms with E-state index in [0.717, 1.165) is 0 Å². The van der Waals surface area contributed by atoms with Crippen molar-refractivity contribution in [2.45, 2.75) is 13.0 Å². The van der Waals surface area contributed by atoms with E-state index in [-0.39, 0.29) is 11.7 Å². The average Bonchev–Trinajstić information content (AvgIpc) is 2.00. The number of hydrogen-bond acceptors (Lipinski definition) is 4. The summed E-state index contributed by atoms with van der Waals surface area (Å²) in [5.74, 6) is -0.849. The molecule has 13 heavy (non-hydrogen) atoms. The summed E-state index contributed by atoms with van der Waals surface area (Å²) < 4.78 is 15.2. The van der Waals surface area contributed by atoms with Gasteiger partial charge < -0.3 is 14.6 Å². The minimum atomic E-state index is -1.15. The minimum Gasteiger partial charge on any atom is -0.616 e. The maximum absolute atomic E-state index is 11.0. The van der Waals surface area contributed by atoms with Crippen molar-refractivity contribution in [2.24, 2.45) is 0 Å². The van der Waals surface area contributed by atoms with E-state index in [9.17, 15) is 14.1 Å². The molecule has 6 heteroatoms. The second-order valence-corrected chi connectivity index (χ2v) is 4.00. The standard InChI is InChI=1S/C7H13NO4S/c1-5(9)8-6(4-13(3)11)7(10)12-2/h6H,4H2,1-3H3,(H,8,9). The van der Waals surface area contributed by atoms with Crippen LogP contribution >= 0.6 is 0 Å². The Labute approximate surface area is 80.0 Å². The lowest BCUT2D eigenvalue weighted by molar-refractivity contribution is -0.144. The Morgan fingerprint density at radius 1 is 1.62 bits per heavy atom. The van der Waals surface area contributed by atoms with Gasteiger partial charge in [-0.1, -0.05) is 11.2 Å². The normalized spacial score (nSPS) is 14.5. The molecule has 2 atom stereocenters. The average molecular weight is 207 g/mol. The number of nitrogens with one attached hydrogen (secondary N) is 1. The summed E-state index contributed by atoms with van der Waals surface area (Å²) in [5.41, 5.74) is 0. The molecular weight excluding hydrogens is 194 g/mol. The van der Waals surface area contributed by atoms with Gasteiger partial charge in [0.15, 0.2) is 6.04 Å². The highest BCUT2D eigenvalue weighted by molar-refractivity contribution is 7.90. The van der Waals surface area contributed by atoms with Crippen LogP contribution in [0.1, 0.15) is 6.92 Å². The maximum atomic E-state index is 11.0. The Morgan fingerprint density at radius 2 is 2.15 bits per heavy atom. The van der Waals surface area contributed by atoms with Crippen molar-refractivity contribution in [3.63, 3.8) is 0 Å². The zero-order chi connectivity index (χ0) is 10.4. The summed E-state index contributed by atoms with van der Waals surface area (Å²) in [6.07, 6.45) is 1.46. The molecule has 0 fully saturated rings. The molecule has 76 valence electrons. The van der Waals surface area contributed by atoms with Crippen molar-refractivity contribution in [1.29, 1.82) is 0 Å². The largest absolute Gasteiger partial charge is 0.616 e. The smallest absolute Gasteiger partial charge is 0.333 e. The van der Waals surface area contributed by atoms with E-state index >= 15 is 0 Å². The van der Waals surface area contributed by atoms with Crippen LogP contribution in [0.2, 0.25) is 0 Å². The predicted molar refractivity (Wildman–Crippen MR) is 48.6 cm³/mol. The first-order valence-corrected chi connectivity index (χ1v) is 5.35. The first-order chi connectivity index (χ1) is 5.97. The van der Waals surface area contributed by atoms with Gasteiger partial charge in [0.1, 0.15) is 5.75 Å². The minimum absolute atomic E-state index is 0.0756. The highest BCUT2D eigenvalue weighted by Gasteiger charge is 2.24. The van der Waals surface area contributed by atoms with Crippen molar-refractivity contribution in [3.8, 4) is 0 Å². The monoisotopic (exact) mass is 207 g/mol. The van der Waals surface area contributed by atoms with Gasteiger partial charge in [0.2, 0.25) is 5.91 Å². The Morgan fingerprint density at radius 3 is 2.46 bits per heavy atom. The SMILES string of the molecule is COC(=O)C(C[S+](C)[O-])NC(C)=O. The Bertz CT molecular complexity index is 195. The van der Waals surface area contributed by atoms with E-state index in [1.54, 1.807) is 0 Å². The molecule has 2 unspecified atom stereocenters. The summed E-state index contributed by atoms with van der Waals surface area (Å²) >= 11 is -1.15. The van der Waals surface area contributed by atoms with Crippen molar-refractivity contribution in [3.05, 3.63) is 0 Å². The topological polar surface area (TPSA) is 78.5 Å². The van der Waals surface area contributed by atoms with Crippen LogP contribution in [0.5, 0.6) is 0 Å². The van der Waals surface area contributed by atoms with Crippen LogP contribution in [-0.4, -0.2) is 41.6 Å². The van der Waals surface area contributed by atoms with E-state index in [1.165, 1.54) is 20.3 Å². The second-order valence-electron chi connectivity index (χ2n) is 2.52. The highest BCUT2D eigenvalue weighted by atomic mass is 32.2. The quantitative estimate of drug-likeness (QED) is 0.476. The number of carbonyl (C=O) groups excluding carboxylic acids is 2. The lowest BCUT2D eigenvalue weighted by Gasteiger charge is -2.15. The molecule has 0 aliphatic rings. The van der Waals surface area contributed by atoms with Crippen molar-refractivity contribution < 1.29 is 18.9 Å². The van der Waals surface area contributed by atoms with Crippen LogP contribution in [0.15, 0.2) is 0 Å². The van der Waals surface area contributed by atoms with Gasteiger partial charge in [-0.2, -0.15) is 0 Å². The van der Waals surface area contributed by atoms with Crippen molar-refractivity contribution in [1.82, 2.24) is 5.32 Å². The molecule has 0 bridgehead atoms. The summed E-state index contributed by atoms with van der Waals surface area (Å²) in [5, 5.41) is 2.36. The molecular formula is C7H13NO4S. The lowest BCUT2D eigenvalue weighted by atomic mass is 10.3. The zero-order valence-corrected chi connectivity index (χ0v) is 8.64. The summed E-state index contributed by atoms with van der Waals surface area (Å²) in [6.45, 7) is 1.29. The zero-order valence-electron chi connectivity index (χ0n) is 7.83. The predicted octanol–water partition coefficient (Wildman–Crippen LogP) is -0.957. The summed E-state index contributed by atoms with van der Waals surface area (Å²) in [4.78, 5) is 21.6. The van der Waals surface area contributed by atoms with Crippen LogP contribution in [0.3, 0.4) is 0 Å². The van der Waals surface area contributed by atoms with Crippen LogP contribution in [0.25, 0.3) is 0 Å². The maximum Gasteiger partial charge on any atom is 0.333 e. The van der Waals surface area contributed by atoms with Gasteiger partial charge in [-0.25, -0.2) is 4.79 Å². The van der Waals surface area contributed by atoms with Gasteiger partial charge in [-0.15, -0.1) is 0 Å². The molecule has 0 aliphatic carbocycles. The molecule has 1 N–H and O–H groups in total. The Kier molecular flexibility index (Phi) is 5.48. The fourth-order valence-corrected chi connectivity index (χ4v) is 1.48. The van der Waals surface area contributed by atoms with Crippen LogP contribution in [-0.2, 0) is 25.5 Å². The molecule has 1 amide bonds. The number of carbonyl (C=O) groups is 2. The number of rotatable bonds is 4. The molecule has 0 radical (unpaired) electrons. The summed E-state index contributed by atoms with van der Waals surface area (Å²) in [7, 11) is 1.22. The number of ether oxygens (including phenoxy) is 1. The Hall–Kier alpha value is -0.750. The second kappa shape index (κ2) is 5.82. The van der Waals surface area contributed by atoms with Crippen LogP contribution < -0.4 is 5.32 Å². The third-order valence-corrected chi connectivity index (χ3v) is 2.07. The fraction of sp³-hybridized carbons (Fsp3) is 0.714. The molecule has 0 rings (SSSR count). The number of amides is 1. The molecule has 5 nitrogen and oxygen atoms in total. The van der Waals surface area contributed by atoms with E-state index < -0.39 is 23.2 Å². The van der Waals surface area contributed by atoms with Crippen LogP contribution in [0, 0.1) is 0 Å². The first-order valence-electron chi connectivity index (χ1n) is 3.62. The molecule has 0 aliphatic heterocycles. The van der Waals surface area contributed by atoms with Gasteiger partial charge in [0, 0.05) is 6.92 Å². The van der Waals surface area contributed by atoms with E-state index in [2.05, 4.69) is 10.1 Å².